The molecule has 0 spiro atoms. The van der Waals surface area contributed by atoms with E-state index < -0.39 is 0 Å². The van der Waals surface area contributed by atoms with Crippen molar-refractivity contribution in [1.29, 1.82) is 0 Å². The molecule has 24 heavy (non-hydrogen) atoms. The predicted octanol–water partition coefficient (Wildman–Crippen LogP) is 4.35. The number of benzene rings is 2. The van der Waals surface area contributed by atoms with Gasteiger partial charge in [0.05, 0.1) is 23.9 Å². The number of nitrogens with one attached hydrogen (secondary N) is 1. The number of nitrogens with zero attached hydrogens (tertiary/aromatic N) is 1. The second kappa shape index (κ2) is 7.31. The van der Waals surface area contributed by atoms with Crippen LogP contribution in [-0.4, -0.2) is 24.6 Å². The Morgan fingerprint density at radius 1 is 1.21 bits per heavy atom. The minimum atomic E-state index is -0.206. The van der Waals surface area contributed by atoms with Crippen molar-refractivity contribution >= 4 is 32.6 Å². The first-order chi connectivity index (χ1) is 11.7. The molecule has 1 aromatic heterocycles. The van der Waals surface area contributed by atoms with Crippen molar-refractivity contribution in [2.24, 2.45) is 0 Å². The molecule has 1 amide bonds. The van der Waals surface area contributed by atoms with E-state index in [0.29, 0.717) is 23.1 Å². The van der Waals surface area contributed by atoms with Crippen LogP contribution in [0.25, 0.3) is 10.2 Å². The zero-order valence-electron chi connectivity index (χ0n) is 13.5. The van der Waals surface area contributed by atoms with E-state index in [2.05, 4.69) is 10.3 Å². The fraction of sp³-hybridized carbons (Fsp3) is 0.222. The molecule has 0 bridgehead atoms. The summed E-state index contributed by atoms with van der Waals surface area (Å²) in [6, 6.07) is 12.8. The molecular formula is C18H18N2O3S. The van der Waals surface area contributed by atoms with Crippen LogP contribution in [0.2, 0.25) is 0 Å². The van der Waals surface area contributed by atoms with Crippen LogP contribution in [0.1, 0.15) is 23.7 Å². The molecule has 5 nitrogen and oxygen atoms in total. The highest BCUT2D eigenvalue weighted by molar-refractivity contribution is 7.22. The molecule has 0 aliphatic rings. The molecule has 0 atom stereocenters. The van der Waals surface area contributed by atoms with Gasteiger partial charge in [-0.15, -0.1) is 0 Å². The van der Waals surface area contributed by atoms with E-state index in [4.69, 9.17) is 9.47 Å². The van der Waals surface area contributed by atoms with E-state index in [1.807, 2.05) is 37.3 Å². The van der Waals surface area contributed by atoms with Gasteiger partial charge in [0, 0.05) is 5.56 Å². The van der Waals surface area contributed by atoms with Gasteiger partial charge in [0.15, 0.2) is 5.13 Å². The van der Waals surface area contributed by atoms with E-state index in [1.54, 1.807) is 19.2 Å². The summed E-state index contributed by atoms with van der Waals surface area (Å²) in [5.41, 5.74) is 1.37. The van der Waals surface area contributed by atoms with Crippen LogP contribution in [-0.2, 0) is 0 Å². The third-order valence-electron chi connectivity index (χ3n) is 3.39. The summed E-state index contributed by atoms with van der Waals surface area (Å²) in [6.45, 7) is 2.67. The van der Waals surface area contributed by atoms with Crippen molar-refractivity contribution < 1.29 is 14.3 Å². The predicted molar refractivity (Wildman–Crippen MR) is 96.4 cm³/mol. The van der Waals surface area contributed by atoms with Gasteiger partial charge in [0.1, 0.15) is 11.5 Å². The summed E-state index contributed by atoms with van der Waals surface area (Å²) < 4.78 is 11.7. The van der Waals surface area contributed by atoms with Gasteiger partial charge in [-0.2, -0.15) is 0 Å². The number of anilines is 1. The molecule has 0 unspecified atom stereocenters. The first-order valence-electron chi connectivity index (χ1n) is 7.68. The highest BCUT2D eigenvalue weighted by Gasteiger charge is 2.11. The molecule has 0 fully saturated rings. The lowest BCUT2D eigenvalue weighted by molar-refractivity contribution is 0.102. The number of fused-ring (bicyclic) bond motifs is 1. The smallest absolute Gasteiger partial charge is 0.257 e. The third-order valence-corrected chi connectivity index (χ3v) is 4.32. The Kier molecular flexibility index (Phi) is 4.96. The summed E-state index contributed by atoms with van der Waals surface area (Å²) in [7, 11) is 1.62. The van der Waals surface area contributed by atoms with Crippen LogP contribution in [0.15, 0.2) is 42.5 Å². The number of hydrogen-bond acceptors (Lipinski definition) is 5. The highest BCUT2D eigenvalue weighted by Crippen LogP contribution is 2.29. The van der Waals surface area contributed by atoms with E-state index in [0.717, 1.165) is 22.4 Å². The quantitative estimate of drug-likeness (QED) is 0.723. The van der Waals surface area contributed by atoms with Crippen molar-refractivity contribution in [3.05, 3.63) is 48.0 Å². The van der Waals surface area contributed by atoms with Crippen molar-refractivity contribution in [2.75, 3.05) is 19.0 Å². The molecule has 6 heteroatoms. The van der Waals surface area contributed by atoms with Gasteiger partial charge in [-0.1, -0.05) is 24.3 Å². The number of carbonyl (C=O) groups excluding carboxylic acids is 1. The summed E-state index contributed by atoms with van der Waals surface area (Å²) in [6.07, 6.45) is 0.922. The van der Waals surface area contributed by atoms with Crippen LogP contribution in [0, 0.1) is 0 Å². The number of rotatable bonds is 6. The van der Waals surface area contributed by atoms with Crippen molar-refractivity contribution in [3.63, 3.8) is 0 Å². The maximum Gasteiger partial charge on any atom is 0.257 e. The number of aromatic nitrogens is 1. The molecule has 1 N–H and O–H groups in total. The molecular weight excluding hydrogens is 324 g/mol. The zero-order chi connectivity index (χ0) is 16.9. The highest BCUT2D eigenvalue weighted by atomic mass is 32.1. The molecule has 1 heterocycles. The monoisotopic (exact) mass is 342 g/mol. The number of thiazole rings is 1. The lowest BCUT2D eigenvalue weighted by atomic mass is 10.2. The number of methoxy groups -OCH3 is 1. The summed E-state index contributed by atoms with van der Waals surface area (Å²) in [4.78, 5) is 16.8. The number of amides is 1. The molecule has 2 aromatic carbocycles. The fourth-order valence-electron chi connectivity index (χ4n) is 2.20. The molecule has 0 saturated heterocycles. The number of carbonyl (C=O) groups is 1. The molecule has 3 rings (SSSR count). The van der Waals surface area contributed by atoms with Crippen LogP contribution in [0.3, 0.4) is 0 Å². The van der Waals surface area contributed by atoms with Crippen LogP contribution in [0.4, 0.5) is 5.13 Å². The fourth-order valence-corrected chi connectivity index (χ4v) is 3.09. The van der Waals surface area contributed by atoms with Gasteiger partial charge >= 0.3 is 0 Å². The average Bonchev–Trinajstić information content (AvgIpc) is 3.01. The van der Waals surface area contributed by atoms with Crippen LogP contribution < -0.4 is 14.8 Å². The lowest BCUT2D eigenvalue weighted by Crippen LogP contribution is -2.11. The Morgan fingerprint density at radius 3 is 2.88 bits per heavy atom. The number of ether oxygens (including phenoxy) is 2. The Bertz CT molecular complexity index is 860. The molecule has 0 saturated carbocycles. The topological polar surface area (TPSA) is 60.5 Å². The number of hydrogen-bond donors (Lipinski definition) is 1. The van der Waals surface area contributed by atoms with Gasteiger partial charge in [-0.25, -0.2) is 4.98 Å². The SMILES string of the molecule is CCCOc1cccc(C(=O)Nc2nc3ccc(OC)cc3s2)c1. The second-order valence-electron chi connectivity index (χ2n) is 5.18. The summed E-state index contributed by atoms with van der Waals surface area (Å²) >= 11 is 1.41. The summed E-state index contributed by atoms with van der Waals surface area (Å²) in [5.74, 6) is 1.26. The lowest BCUT2D eigenvalue weighted by Gasteiger charge is -2.06. The Labute approximate surface area is 144 Å². The molecule has 124 valence electrons. The average molecular weight is 342 g/mol. The summed E-state index contributed by atoms with van der Waals surface area (Å²) in [5, 5.41) is 3.40. The maximum atomic E-state index is 12.4. The van der Waals surface area contributed by atoms with Gasteiger partial charge in [-0.05, 0) is 42.8 Å². The van der Waals surface area contributed by atoms with E-state index in [9.17, 15) is 4.79 Å². The van der Waals surface area contributed by atoms with Crippen LogP contribution >= 0.6 is 11.3 Å². The molecule has 0 aliphatic carbocycles. The molecule has 3 aromatic rings. The minimum absolute atomic E-state index is 0.206. The van der Waals surface area contributed by atoms with Gasteiger partial charge in [0.25, 0.3) is 5.91 Å². The van der Waals surface area contributed by atoms with E-state index in [-0.39, 0.29) is 5.91 Å². The second-order valence-corrected chi connectivity index (χ2v) is 6.21. The molecule has 0 radical (unpaired) electrons. The minimum Gasteiger partial charge on any atom is -0.497 e. The Hall–Kier alpha value is -2.60. The van der Waals surface area contributed by atoms with Crippen molar-refractivity contribution in [2.45, 2.75) is 13.3 Å². The largest absolute Gasteiger partial charge is 0.497 e. The first kappa shape index (κ1) is 16.3. The Balaban J connectivity index is 1.76. The zero-order valence-corrected chi connectivity index (χ0v) is 14.4. The molecule has 0 aliphatic heterocycles. The maximum absolute atomic E-state index is 12.4. The standard InChI is InChI=1S/C18H18N2O3S/c1-3-9-23-14-6-4-5-12(10-14)17(21)20-18-19-15-8-7-13(22-2)11-16(15)24-18/h4-8,10-11H,3,9H2,1-2H3,(H,19,20,21). The van der Waals surface area contributed by atoms with E-state index in [1.165, 1.54) is 11.3 Å². The normalized spacial score (nSPS) is 10.6. The van der Waals surface area contributed by atoms with Crippen molar-refractivity contribution in [3.8, 4) is 11.5 Å². The van der Waals surface area contributed by atoms with Gasteiger partial charge in [0.2, 0.25) is 0 Å². The first-order valence-corrected chi connectivity index (χ1v) is 8.50. The van der Waals surface area contributed by atoms with Gasteiger partial charge < -0.3 is 9.47 Å². The van der Waals surface area contributed by atoms with Gasteiger partial charge in [-0.3, -0.25) is 10.1 Å². The van der Waals surface area contributed by atoms with Crippen molar-refractivity contribution in [1.82, 2.24) is 4.98 Å². The van der Waals surface area contributed by atoms with E-state index >= 15 is 0 Å². The third kappa shape index (κ3) is 3.65. The van der Waals surface area contributed by atoms with Crippen LogP contribution in [0.5, 0.6) is 11.5 Å². The Morgan fingerprint density at radius 2 is 2.08 bits per heavy atom.